The van der Waals surface area contributed by atoms with Crippen molar-refractivity contribution in [1.29, 1.82) is 0 Å². The molecule has 94 valence electrons. The minimum absolute atomic E-state index is 0.0465. The molecule has 0 radical (unpaired) electrons. The fourth-order valence-corrected chi connectivity index (χ4v) is 1.59. The van der Waals surface area contributed by atoms with E-state index in [0.717, 1.165) is 0 Å². The highest BCUT2D eigenvalue weighted by atomic mass is 35.5. The van der Waals surface area contributed by atoms with Gasteiger partial charge in [-0.25, -0.2) is 9.37 Å². The third kappa shape index (κ3) is 3.00. The fourth-order valence-electron chi connectivity index (χ4n) is 1.32. The number of rotatable bonds is 3. The van der Waals surface area contributed by atoms with Gasteiger partial charge in [-0.1, -0.05) is 11.6 Å². The molecule has 1 heterocycles. The van der Waals surface area contributed by atoms with Gasteiger partial charge in [0.1, 0.15) is 16.6 Å². The first-order chi connectivity index (χ1) is 8.58. The number of hydrogen-bond donors (Lipinski definition) is 1. The summed E-state index contributed by atoms with van der Waals surface area (Å²) < 4.78 is 18.2. The van der Waals surface area contributed by atoms with E-state index in [1.54, 1.807) is 6.07 Å². The summed E-state index contributed by atoms with van der Waals surface area (Å²) in [5.74, 6) is 0.242. The summed E-state index contributed by atoms with van der Waals surface area (Å²) in [6, 6.07) is 4.16. The topological polar surface area (TPSA) is 47.0 Å². The molecule has 0 fully saturated rings. The lowest BCUT2D eigenvalue weighted by molar-refractivity contribution is 0.411. The molecular formula is C11H8Cl2FN3O. The summed E-state index contributed by atoms with van der Waals surface area (Å²) in [7, 11) is 1.45. The summed E-state index contributed by atoms with van der Waals surface area (Å²) in [6.45, 7) is 0. The quantitative estimate of drug-likeness (QED) is 0.875. The average Bonchev–Trinajstić information content (AvgIpc) is 2.33. The maximum atomic E-state index is 13.3. The number of nitrogens with one attached hydrogen (secondary N) is 1. The zero-order valence-corrected chi connectivity index (χ0v) is 10.8. The van der Waals surface area contributed by atoms with Crippen molar-refractivity contribution in [3.8, 4) is 5.75 Å². The second-order valence-electron chi connectivity index (χ2n) is 3.34. The summed E-state index contributed by atoms with van der Waals surface area (Å²) >= 11 is 11.5. The maximum absolute atomic E-state index is 13.3. The number of nitrogens with zero attached hydrogens (tertiary/aromatic N) is 2. The van der Waals surface area contributed by atoms with Crippen molar-refractivity contribution in [2.24, 2.45) is 0 Å². The van der Waals surface area contributed by atoms with Crippen LogP contribution in [0.1, 0.15) is 0 Å². The third-order valence-corrected chi connectivity index (χ3v) is 2.54. The first-order valence-corrected chi connectivity index (χ1v) is 5.63. The van der Waals surface area contributed by atoms with Crippen molar-refractivity contribution >= 4 is 34.7 Å². The van der Waals surface area contributed by atoms with Gasteiger partial charge in [0.25, 0.3) is 0 Å². The predicted molar refractivity (Wildman–Crippen MR) is 68.3 cm³/mol. The zero-order valence-electron chi connectivity index (χ0n) is 9.25. The molecule has 1 aromatic heterocycles. The van der Waals surface area contributed by atoms with Crippen LogP contribution in [0.3, 0.4) is 0 Å². The van der Waals surface area contributed by atoms with Crippen LogP contribution in [0.15, 0.2) is 24.4 Å². The van der Waals surface area contributed by atoms with Crippen LogP contribution in [0.4, 0.5) is 15.9 Å². The summed E-state index contributed by atoms with van der Waals surface area (Å²) in [5.41, 5.74) is 0.448. The smallest absolute Gasteiger partial charge is 0.224 e. The van der Waals surface area contributed by atoms with Crippen LogP contribution < -0.4 is 10.1 Å². The van der Waals surface area contributed by atoms with E-state index in [1.807, 2.05) is 0 Å². The van der Waals surface area contributed by atoms with E-state index in [4.69, 9.17) is 27.9 Å². The van der Waals surface area contributed by atoms with E-state index >= 15 is 0 Å². The molecule has 2 aromatic rings. The van der Waals surface area contributed by atoms with Gasteiger partial charge in [0.05, 0.1) is 13.3 Å². The van der Waals surface area contributed by atoms with Gasteiger partial charge >= 0.3 is 0 Å². The zero-order chi connectivity index (χ0) is 13.1. The lowest BCUT2D eigenvalue weighted by Crippen LogP contribution is -1.97. The number of anilines is 2. The lowest BCUT2D eigenvalue weighted by Gasteiger charge is -2.09. The second-order valence-corrected chi connectivity index (χ2v) is 4.09. The van der Waals surface area contributed by atoms with Crippen LogP contribution >= 0.6 is 23.2 Å². The summed E-state index contributed by atoms with van der Waals surface area (Å²) in [6.07, 6.45) is 1.36. The third-order valence-electron chi connectivity index (χ3n) is 2.08. The second kappa shape index (κ2) is 5.37. The van der Waals surface area contributed by atoms with Crippen molar-refractivity contribution in [3.63, 3.8) is 0 Å². The fraction of sp³-hybridized carbons (Fsp3) is 0.0909. The van der Waals surface area contributed by atoms with Gasteiger partial charge in [-0.05, 0) is 17.7 Å². The minimum Gasteiger partial charge on any atom is -0.497 e. The maximum Gasteiger partial charge on any atom is 0.224 e. The van der Waals surface area contributed by atoms with E-state index in [9.17, 15) is 4.39 Å². The SMILES string of the molecule is COc1cc(F)cc(Nc2nc(Cl)ncc2Cl)c1. The molecule has 0 spiro atoms. The first-order valence-electron chi connectivity index (χ1n) is 4.88. The molecule has 0 amide bonds. The summed E-state index contributed by atoms with van der Waals surface area (Å²) in [5, 5.41) is 3.17. The number of halogens is 3. The number of methoxy groups -OCH3 is 1. The normalized spacial score (nSPS) is 10.2. The Morgan fingerprint density at radius 3 is 2.78 bits per heavy atom. The lowest BCUT2D eigenvalue weighted by atomic mass is 10.3. The number of aromatic nitrogens is 2. The van der Waals surface area contributed by atoms with Gasteiger partial charge in [-0.15, -0.1) is 0 Å². The Bertz CT molecular complexity index is 580. The van der Waals surface area contributed by atoms with Crippen molar-refractivity contribution in [2.75, 3.05) is 12.4 Å². The number of hydrogen-bond acceptors (Lipinski definition) is 4. The van der Waals surface area contributed by atoms with Crippen LogP contribution in [0.5, 0.6) is 5.75 Å². The molecular weight excluding hydrogens is 280 g/mol. The first kappa shape index (κ1) is 12.9. The molecule has 0 atom stereocenters. The Labute approximate surface area is 113 Å². The van der Waals surface area contributed by atoms with Gasteiger partial charge in [-0.2, -0.15) is 4.98 Å². The van der Waals surface area contributed by atoms with Crippen molar-refractivity contribution in [2.45, 2.75) is 0 Å². The summed E-state index contributed by atoms with van der Waals surface area (Å²) in [4.78, 5) is 7.62. The molecule has 0 aliphatic heterocycles. The minimum atomic E-state index is -0.437. The number of ether oxygens (including phenoxy) is 1. The van der Waals surface area contributed by atoms with Gasteiger partial charge in [-0.3, -0.25) is 0 Å². The molecule has 0 saturated carbocycles. The molecule has 2 rings (SSSR count). The van der Waals surface area contributed by atoms with Gasteiger partial charge < -0.3 is 10.1 Å². The van der Waals surface area contributed by atoms with Crippen LogP contribution in [0.2, 0.25) is 10.3 Å². The van der Waals surface area contributed by atoms with Gasteiger partial charge in [0, 0.05) is 17.8 Å². The average molecular weight is 288 g/mol. The van der Waals surface area contributed by atoms with Crippen LogP contribution in [-0.2, 0) is 0 Å². The molecule has 1 N–H and O–H groups in total. The largest absolute Gasteiger partial charge is 0.497 e. The molecule has 0 saturated heterocycles. The molecule has 7 heteroatoms. The molecule has 4 nitrogen and oxygen atoms in total. The number of benzene rings is 1. The monoisotopic (exact) mass is 287 g/mol. The highest BCUT2D eigenvalue weighted by molar-refractivity contribution is 6.33. The Morgan fingerprint density at radius 1 is 1.28 bits per heavy atom. The van der Waals surface area contributed by atoms with E-state index in [2.05, 4.69) is 15.3 Å². The molecule has 18 heavy (non-hydrogen) atoms. The Kier molecular flexibility index (Phi) is 3.84. The van der Waals surface area contributed by atoms with E-state index in [-0.39, 0.29) is 10.3 Å². The van der Waals surface area contributed by atoms with Crippen molar-refractivity contribution < 1.29 is 9.13 Å². The standard InChI is InChI=1S/C11H8Cl2FN3O/c1-18-8-3-6(14)2-7(4-8)16-10-9(12)5-15-11(13)17-10/h2-5H,1H3,(H,15,16,17). The van der Waals surface area contributed by atoms with Crippen molar-refractivity contribution in [3.05, 3.63) is 40.5 Å². The Balaban J connectivity index is 2.33. The molecule has 0 bridgehead atoms. The van der Waals surface area contributed by atoms with Gasteiger partial charge in [0.15, 0.2) is 5.82 Å². The van der Waals surface area contributed by atoms with Crippen LogP contribution in [0, 0.1) is 5.82 Å². The van der Waals surface area contributed by atoms with E-state index < -0.39 is 5.82 Å². The molecule has 1 aromatic carbocycles. The van der Waals surface area contributed by atoms with Crippen molar-refractivity contribution in [1.82, 2.24) is 9.97 Å². The highest BCUT2D eigenvalue weighted by Crippen LogP contribution is 2.26. The Morgan fingerprint density at radius 2 is 2.06 bits per heavy atom. The highest BCUT2D eigenvalue weighted by Gasteiger charge is 2.07. The molecule has 0 aliphatic rings. The molecule has 0 aliphatic carbocycles. The predicted octanol–water partition coefficient (Wildman–Crippen LogP) is 3.67. The molecule has 0 unspecified atom stereocenters. The van der Waals surface area contributed by atoms with E-state index in [1.165, 1.54) is 25.4 Å². The van der Waals surface area contributed by atoms with E-state index in [0.29, 0.717) is 17.3 Å². The van der Waals surface area contributed by atoms with Crippen LogP contribution in [-0.4, -0.2) is 17.1 Å². The van der Waals surface area contributed by atoms with Gasteiger partial charge in [0.2, 0.25) is 5.28 Å². The van der Waals surface area contributed by atoms with Crippen LogP contribution in [0.25, 0.3) is 0 Å². The Hall–Kier alpha value is -1.59.